The quantitative estimate of drug-likeness (QED) is 0.485. The van der Waals surface area contributed by atoms with Crippen LogP contribution in [0.3, 0.4) is 0 Å². The van der Waals surface area contributed by atoms with Crippen molar-refractivity contribution in [3.8, 4) is 5.75 Å². The first-order chi connectivity index (χ1) is 12.3. The van der Waals surface area contributed by atoms with Crippen LogP contribution in [0, 0.1) is 0 Å². The molecule has 26 heavy (non-hydrogen) atoms. The first-order valence-electron chi connectivity index (χ1n) is 10.4. The molecule has 144 valence electrons. The first-order valence-corrected chi connectivity index (χ1v) is 10.4. The van der Waals surface area contributed by atoms with Gasteiger partial charge in [0, 0.05) is 23.4 Å². The highest BCUT2D eigenvalue weighted by molar-refractivity contribution is 5.89. The lowest BCUT2D eigenvalue weighted by Crippen LogP contribution is -2.24. The molecule has 0 N–H and O–H groups in total. The third kappa shape index (κ3) is 3.52. The van der Waals surface area contributed by atoms with E-state index in [0.717, 1.165) is 17.8 Å². The summed E-state index contributed by atoms with van der Waals surface area (Å²) in [5, 5.41) is 1.37. The fraction of sp³-hybridized carbons (Fsp3) is 0.667. The van der Waals surface area contributed by atoms with Crippen LogP contribution >= 0.6 is 0 Å². The van der Waals surface area contributed by atoms with E-state index in [0.29, 0.717) is 0 Å². The summed E-state index contributed by atoms with van der Waals surface area (Å²) < 4.78 is 12.0. The van der Waals surface area contributed by atoms with E-state index in [1.54, 1.807) is 7.11 Å². The zero-order valence-corrected chi connectivity index (χ0v) is 17.6. The molecule has 1 aliphatic rings. The van der Waals surface area contributed by atoms with Crippen LogP contribution in [0.15, 0.2) is 16.5 Å². The molecule has 0 radical (unpaired) electrons. The van der Waals surface area contributed by atoms with Gasteiger partial charge in [0.2, 0.25) is 0 Å². The molecule has 0 saturated heterocycles. The highest BCUT2D eigenvalue weighted by Crippen LogP contribution is 2.48. The normalized spacial score (nSPS) is 16.7. The van der Waals surface area contributed by atoms with Gasteiger partial charge in [-0.25, -0.2) is 0 Å². The van der Waals surface area contributed by atoms with Gasteiger partial charge in [0.15, 0.2) is 0 Å². The maximum Gasteiger partial charge on any atom is 0.138 e. The average molecular weight is 357 g/mol. The Bertz CT molecular complexity index is 764. The highest BCUT2D eigenvalue weighted by atomic mass is 16.5. The number of fused-ring (bicyclic) bond motifs is 3. The number of hydrogen-bond donors (Lipinski definition) is 0. The van der Waals surface area contributed by atoms with Crippen LogP contribution in [0.4, 0.5) is 0 Å². The minimum Gasteiger partial charge on any atom is -0.497 e. The van der Waals surface area contributed by atoms with Gasteiger partial charge in [0.1, 0.15) is 17.1 Å². The average Bonchev–Trinajstić information content (AvgIpc) is 2.97. The summed E-state index contributed by atoms with van der Waals surface area (Å²) >= 11 is 0. The van der Waals surface area contributed by atoms with Crippen LogP contribution in [0.5, 0.6) is 5.75 Å². The van der Waals surface area contributed by atoms with Gasteiger partial charge >= 0.3 is 0 Å². The van der Waals surface area contributed by atoms with E-state index >= 15 is 0 Å². The molecule has 2 heteroatoms. The second-order valence-electron chi connectivity index (χ2n) is 9.38. The van der Waals surface area contributed by atoms with Crippen LogP contribution in [-0.4, -0.2) is 7.11 Å². The van der Waals surface area contributed by atoms with Crippen LogP contribution < -0.4 is 4.74 Å². The Morgan fingerprint density at radius 1 is 1.15 bits per heavy atom. The SMILES string of the molecule is CCCCCCC(C)(C)c1cc(OC)cc2oc3c(c12)C(C)(C)CCC3. The summed E-state index contributed by atoms with van der Waals surface area (Å²) in [6.45, 7) is 11.8. The molecule has 2 nitrogen and oxygen atoms in total. The van der Waals surface area contributed by atoms with E-state index in [2.05, 4.69) is 46.8 Å². The number of methoxy groups -OCH3 is 1. The van der Waals surface area contributed by atoms with Crippen LogP contribution in [0.1, 0.15) is 96.5 Å². The predicted molar refractivity (Wildman–Crippen MR) is 111 cm³/mol. The fourth-order valence-corrected chi connectivity index (χ4v) is 4.74. The number of benzene rings is 1. The molecule has 2 aromatic rings. The summed E-state index contributed by atoms with van der Waals surface area (Å²) in [6.07, 6.45) is 9.93. The molecule has 1 aromatic carbocycles. The Kier molecular flexibility index (Phi) is 5.42. The lowest BCUT2D eigenvalue weighted by molar-refractivity contribution is 0.394. The zero-order valence-electron chi connectivity index (χ0n) is 17.6. The van der Waals surface area contributed by atoms with E-state index in [1.165, 1.54) is 67.2 Å². The van der Waals surface area contributed by atoms with E-state index in [-0.39, 0.29) is 10.8 Å². The van der Waals surface area contributed by atoms with Crippen molar-refractivity contribution >= 4 is 11.0 Å². The number of furan rings is 1. The summed E-state index contributed by atoms with van der Waals surface area (Å²) in [7, 11) is 1.76. The number of hydrogen-bond acceptors (Lipinski definition) is 2. The lowest BCUT2D eigenvalue weighted by Gasteiger charge is -2.32. The minimum atomic E-state index is 0.117. The second-order valence-corrected chi connectivity index (χ2v) is 9.38. The topological polar surface area (TPSA) is 22.4 Å². The Morgan fingerprint density at radius 3 is 2.62 bits per heavy atom. The van der Waals surface area contributed by atoms with Gasteiger partial charge in [-0.2, -0.15) is 0 Å². The van der Waals surface area contributed by atoms with Gasteiger partial charge in [-0.05, 0) is 41.7 Å². The molecule has 3 rings (SSSR count). The standard InChI is InChI=1S/C24H36O2/c1-7-8-9-10-13-23(2,3)18-15-17(25-6)16-20-21(18)22-19(26-20)12-11-14-24(22,4)5/h15-16H,7-14H2,1-6H3. The smallest absolute Gasteiger partial charge is 0.138 e. The first kappa shape index (κ1) is 19.3. The van der Waals surface area contributed by atoms with Gasteiger partial charge < -0.3 is 9.15 Å². The molecule has 0 saturated carbocycles. The Hall–Kier alpha value is -1.44. The molecule has 0 amide bonds. The van der Waals surface area contributed by atoms with Crippen molar-refractivity contribution in [2.45, 2.75) is 96.8 Å². The Labute approximate surface area is 159 Å². The number of ether oxygens (including phenoxy) is 1. The number of unbranched alkanes of at least 4 members (excludes halogenated alkanes) is 3. The zero-order chi connectivity index (χ0) is 18.9. The Morgan fingerprint density at radius 2 is 1.92 bits per heavy atom. The monoisotopic (exact) mass is 356 g/mol. The maximum atomic E-state index is 6.37. The van der Waals surface area contributed by atoms with Crippen LogP contribution in [0.2, 0.25) is 0 Å². The predicted octanol–water partition coefficient (Wildman–Crippen LogP) is 7.30. The maximum absolute atomic E-state index is 6.37. The lowest BCUT2D eigenvalue weighted by atomic mass is 9.71. The highest BCUT2D eigenvalue weighted by Gasteiger charge is 2.36. The van der Waals surface area contributed by atoms with Gasteiger partial charge in [0.05, 0.1) is 7.11 Å². The molecule has 0 atom stereocenters. The largest absolute Gasteiger partial charge is 0.497 e. The molecular formula is C24H36O2. The van der Waals surface area contributed by atoms with Crippen molar-refractivity contribution in [1.29, 1.82) is 0 Å². The van der Waals surface area contributed by atoms with Gasteiger partial charge in [-0.3, -0.25) is 0 Å². The van der Waals surface area contributed by atoms with Crippen molar-refractivity contribution in [2.75, 3.05) is 7.11 Å². The van der Waals surface area contributed by atoms with E-state index < -0.39 is 0 Å². The summed E-state index contributed by atoms with van der Waals surface area (Å²) in [5.41, 5.74) is 4.17. The number of aryl methyl sites for hydroxylation is 1. The fourth-order valence-electron chi connectivity index (χ4n) is 4.74. The van der Waals surface area contributed by atoms with E-state index in [1.807, 2.05) is 0 Å². The van der Waals surface area contributed by atoms with Gasteiger partial charge in [0.25, 0.3) is 0 Å². The summed E-state index contributed by atoms with van der Waals surface area (Å²) in [5.74, 6) is 2.12. The third-order valence-electron chi connectivity index (χ3n) is 6.34. The van der Waals surface area contributed by atoms with Gasteiger partial charge in [-0.15, -0.1) is 0 Å². The molecule has 1 aromatic heterocycles. The van der Waals surface area contributed by atoms with Crippen molar-refractivity contribution in [3.05, 3.63) is 29.0 Å². The van der Waals surface area contributed by atoms with Crippen LogP contribution in [-0.2, 0) is 17.3 Å². The molecule has 0 fully saturated rings. The third-order valence-corrected chi connectivity index (χ3v) is 6.34. The molecule has 0 aliphatic heterocycles. The second kappa shape index (κ2) is 7.29. The van der Waals surface area contributed by atoms with E-state index in [9.17, 15) is 0 Å². The molecule has 0 bridgehead atoms. The van der Waals surface area contributed by atoms with E-state index in [4.69, 9.17) is 9.15 Å². The summed E-state index contributed by atoms with van der Waals surface area (Å²) in [4.78, 5) is 0. The molecule has 0 spiro atoms. The Balaban J connectivity index is 2.12. The van der Waals surface area contributed by atoms with Crippen molar-refractivity contribution < 1.29 is 9.15 Å². The number of rotatable bonds is 7. The minimum absolute atomic E-state index is 0.117. The van der Waals surface area contributed by atoms with Crippen LogP contribution in [0.25, 0.3) is 11.0 Å². The molecule has 0 unspecified atom stereocenters. The van der Waals surface area contributed by atoms with Crippen molar-refractivity contribution in [3.63, 3.8) is 0 Å². The van der Waals surface area contributed by atoms with Crippen molar-refractivity contribution in [2.24, 2.45) is 0 Å². The van der Waals surface area contributed by atoms with Gasteiger partial charge in [-0.1, -0.05) is 60.3 Å². The molecular weight excluding hydrogens is 320 g/mol. The molecule has 1 aliphatic carbocycles. The molecule has 1 heterocycles. The van der Waals surface area contributed by atoms with Crippen molar-refractivity contribution in [1.82, 2.24) is 0 Å². The summed E-state index contributed by atoms with van der Waals surface area (Å²) in [6, 6.07) is 4.35.